The maximum absolute atomic E-state index is 6.75. The molecule has 12 rings (SSSR count). The molecular formula is C58H37NO2. The van der Waals surface area contributed by atoms with Gasteiger partial charge in [-0.2, -0.15) is 0 Å². The number of rotatable bonds is 7. The maximum atomic E-state index is 6.75. The Bertz CT molecular complexity index is 3680. The second-order valence-corrected chi connectivity index (χ2v) is 15.7. The van der Waals surface area contributed by atoms with Crippen molar-refractivity contribution in [2.75, 3.05) is 4.90 Å². The molecule has 2 heterocycles. The Balaban J connectivity index is 1.05. The third-order valence-corrected chi connectivity index (χ3v) is 12.2. The van der Waals surface area contributed by atoms with E-state index in [0.717, 1.165) is 110 Å². The molecule has 0 amide bonds. The number of nitrogens with zero attached hydrogens (tertiary/aromatic N) is 1. The smallest absolute Gasteiger partial charge is 0.143 e. The molecule has 0 aliphatic rings. The van der Waals surface area contributed by atoms with Crippen LogP contribution in [-0.2, 0) is 0 Å². The van der Waals surface area contributed by atoms with E-state index in [-0.39, 0.29) is 0 Å². The minimum absolute atomic E-state index is 0.845. The lowest BCUT2D eigenvalue weighted by Crippen LogP contribution is -2.11. The van der Waals surface area contributed by atoms with Crippen molar-refractivity contribution in [2.45, 2.75) is 0 Å². The van der Waals surface area contributed by atoms with Crippen molar-refractivity contribution >= 4 is 88.6 Å². The van der Waals surface area contributed by atoms with Crippen LogP contribution in [0.1, 0.15) is 5.56 Å². The molecule has 61 heavy (non-hydrogen) atoms. The first-order valence-electron chi connectivity index (χ1n) is 20.7. The molecule has 0 aliphatic heterocycles. The van der Waals surface area contributed by atoms with Crippen LogP contribution in [0.25, 0.3) is 105 Å². The SMILES string of the molecule is C=Cc1ccccc1-c1cccc(-c2ccc(N(c3ccccc3-c3ccc4oc5c6ccccc6ccc5c4c3)c3cccc4oc5c6ccccc6ccc5c34)cc2)c1. The molecule has 3 heteroatoms. The van der Waals surface area contributed by atoms with E-state index in [0.29, 0.717) is 0 Å². The van der Waals surface area contributed by atoms with Gasteiger partial charge in [0.15, 0.2) is 0 Å². The topological polar surface area (TPSA) is 29.5 Å². The fourth-order valence-electron chi connectivity index (χ4n) is 9.32. The second-order valence-electron chi connectivity index (χ2n) is 15.7. The zero-order valence-corrected chi connectivity index (χ0v) is 33.2. The minimum Gasteiger partial charge on any atom is -0.455 e. The highest BCUT2D eigenvalue weighted by Gasteiger charge is 2.23. The predicted octanol–water partition coefficient (Wildman–Crippen LogP) is 16.9. The third-order valence-electron chi connectivity index (χ3n) is 12.2. The molecule has 0 fully saturated rings. The molecule has 3 nitrogen and oxygen atoms in total. The van der Waals surface area contributed by atoms with Crippen LogP contribution in [0.3, 0.4) is 0 Å². The van der Waals surface area contributed by atoms with Gasteiger partial charge in [-0.05, 0) is 105 Å². The van der Waals surface area contributed by atoms with E-state index in [9.17, 15) is 0 Å². The van der Waals surface area contributed by atoms with Crippen molar-refractivity contribution in [1.82, 2.24) is 0 Å². The number of benzene rings is 10. The molecule has 12 aromatic rings. The molecule has 0 aliphatic carbocycles. The van der Waals surface area contributed by atoms with E-state index in [2.05, 4.69) is 218 Å². The minimum atomic E-state index is 0.845. The first-order valence-corrected chi connectivity index (χ1v) is 20.7. The van der Waals surface area contributed by atoms with Crippen molar-refractivity contribution in [3.05, 3.63) is 218 Å². The van der Waals surface area contributed by atoms with E-state index < -0.39 is 0 Å². The molecule has 0 N–H and O–H groups in total. The first kappa shape index (κ1) is 34.9. The van der Waals surface area contributed by atoms with Crippen LogP contribution < -0.4 is 4.90 Å². The van der Waals surface area contributed by atoms with Crippen LogP contribution in [-0.4, -0.2) is 0 Å². The summed E-state index contributed by atoms with van der Waals surface area (Å²) in [4.78, 5) is 2.40. The van der Waals surface area contributed by atoms with Gasteiger partial charge >= 0.3 is 0 Å². The Hall–Kier alpha value is -8.14. The van der Waals surface area contributed by atoms with Crippen molar-refractivity contribution in [2.24, 2.45) is 0 Å². The Kier molecular flexibility index (Phi) is 8.01. The highest BCUT2D eigenvalue weighted by molar-refractivity contribution is 6.20. The van der Waals surface area contributed by atoms with E-state index in [1.54, 1.807) is 0 Å². The van der Waals surface area contributed by atoms with Gasteiger partial charge in [-0.15, -0.1) is 0 Å². The van der Waals surface area contributed by atoms with Crippen molar-refractivity contribution in [3.8, 4) is 33.4 Å². The van der Waals surface area contributed by atoms with E-state index in [1.807, 2.05) is 6.08 Å². The monoisotopic (exact) mass is 779 g/mol. The first-order chi connectivity index (χ1) is 30.2. The molecule has 10 aromatic carbocycles. The van der Waals surface area contributed by atoms with Crippen LogP contribution in [0.15, 0.2) is 222 Å². The largest absolute Gasteiger partial charge is 0.455 e. The van der Waals surface area contributed by atoms with Gasteiger partial charge in [-0.25, -0.2) is 0 Å². The molecule has 0 spiro atoms. The van der Waals surface area contributed by atoms with Gasteiger partial charge in [0.2, 0.25) is 0 Å². The van der Waals surface area contributed by atoms with Gasteiger partial charge in [0.1, 0.15) is 22.3 Å². The summed E-state index contributed by atoms with van der Waals surface area (Å²) in [5.41, 5.74) is 14.6. The number of anilines is 3. The van der Waals surface area contributed by atoms with Gasteiger partial charge < -0.3 is 13.7 Å². The van der Waals surface area contributed by atoms with Crippen molar-refractivity contribution in [3.63, 3.8) is 0 Å². The zero-order chi connectivity index (χ0) is 40.4. The lowest BCUT2D eigenvalue weighted by atomic mass is 9.95. The van der Waals surface area contributed by atoms with Crippen LogP contribution in [0.2, 0.25) is 0 Å². The van der Waals surface area contributed by atoms with Crippen molar-refractivity contribution < 1.29 is 8.83 Å². The van der Waals surface area contributed by atoms with E-state index in [4.69, 9.17) is 8.83 Å². The van der Waals surface area contributed by atoms with Gasteiger partial charge in [0.25, 0.3) is 0 Å². The molecule has 0 atom stereocenters. The van der Waals surface area contributed by atoms with E-state index >= 15 is 0 Å². The molecule has 2 aromatic heterocycles. The lowest BCUT2D eigenvalue weighted by Gasteiger charge is -2.28. The summed E-state index contributed by atoms with van der Waals surface area (Å²) in [6, 6.07) is 73.5. The highest BCUT2D eigenvalue weighted by atomic mass is 16.3. The van der Waals surface area contributed by atoms with Crippen LogP contribution in [0.4, 0.5) is 17.1 Å². The summed E-state index contributed by atoms with van der Waals surface area (Å²) in [5, 5.41) is 8.90. The number of furan rings is 2. The maximum Gasteiger partial charge on any atom is 0.143 e. The van der Waals surface area contributed by atoms with Gasteiger partial charge in [-0.1, -0.05) is 158 Å². The highest BCUT2D eigenvalue weighted by Crippen LogP contribution is 2.48. The van der Waals surface area contributed by atoms with Crippen LogP contribution >= 0.6 is 0 Å². The molecule has 0 bridgehead atoms. The molecule has 286 valence electrons. The van der Waals surface area contributed by atoms with Crippen molar-refractivity contribution in [1.29, 1.82) is 0 Å². The Morgan fingerprint density at radius 1 is 0.377 bits per heavy atom. The van der Waals surface area contributed by atoms with Crippen LogP contribution in [0, 0.1) is 0 Å². The third kappa shape index (κ3) is 5.66. The quantitative estimate of drug-likeness (QED) is 0.161. The van der Waals surface area contributed by atoms with E-state index in [1.165, 1.54) is 10.9 Å². The summed E-state index contributed by atoms with van der Waals surface area (Å²) in [6.45, 7) is 4.06. The molecule has 0 radical (unpaired) electrons. The number of hydrogen-bond donors (Lipinski definition) is 0. The zero-order valence-electron chi connectivity index (χ0n) is 33.2. The van der Waals surface area contributed by atoms with Gasteiger partial charge in [0.05, 0.1) is 16.8 Å². The Labute approximate surface area is 352 Å². The molecular weight excluding hydrogens is 743 g/mol. The lowest BCUT2D eigenvalue weighted by molar-refractivity contribution is 0.672. The summed E-state index contributed by atoms with van der Waals surface area (Å²) >= 11 is 0. The fourth-order valence-corrected chi connectivity index (χ4v) is 9.32. The van der Waals surface area contributed by atoms with Gasteiger partial charge in [-0.3, -0.25) is 0 Å². The number of fused-ring (bicyclic) bond motifs is 10. The average molecular weight is 780 g/mol. The summed E-state index contributed by atoms with van der Waals surface area (Å²) in [7, 11) is 0. The second kappa shape index (κ2) is 14.0. The normalized spacial score (nSPS) is 11.7. The fraction of sp³-hybridized carbons (Fsp3) is 0. The summed E-state index contributed by atoms with van der Waals surface area (Å²) in [6.07, 6.45) is 1.92. The number of hydrogen-bond acceptors (Lipinski definition) is 3. The Morgan fingerprint density at radius 3 is 1.79 bits per heavy atom. The summed E-state index contributed by atoms with van der Waals surface area (Å²) in [5.74, 6) is 0. The Morgan fingerprint density at radius 2 is 0.984 bits per heavy atom. The average Bonchev–Trinajstić information content (AvgIpc) is 3.91. The van der Waals surface area contributed by atoms with Crippen LogP contribution in [0.5, 0.6) is 0 Å². The van der Waals surface area contributed by atoms with Gasteiger partial charge in [0, 0.05) is 38.2 Å². The molecule has 0 saturated carbocycles. The summed E-state index contributed by atoms with van der Waals surface area (Å²) < 4.78 is 13.3. The molecule has 0 unspecified atom stereocenters. The number of para-hydroxylation sites is 1. The predicted molar refractivity (Wildman–Crippen MR) is 257 cm³/mol. The molecule has 0 saturated heterocycles. The standard InChI is InChI=1S/C58H37NO2/c1-2-37-13-3-6-18-45(37)42-17-11-16-41(35-42)38-25-30-44(31-26-38)59(53-23-12-24-55-56(53)50-33-28-40-15-5-8-21-48(40)58(50)61-55)52-22-10-9-19-46(52)43-29-34-54-51(36-43)49-32-27-39-14-4-7-20-47(39)57(49)60-54/h2-36H,1H2.